The minimum absolute atomic E-state index is 0.0100. The van der Waals surface area contributed by atoms with Crippen LogP contribution in [0.5, 0.6) is 0 Å². The molecule has 0 aliphatic rings. The average molecular weight is 465 g/mol. The molecule has 0 bridgehead atoms. The normalized spacial score (nSPS) is 11.3. The van der Waals surface area contributed by atoms with Gasteiger partial charge >= 0.3 is 6.03 Å². The van der Waals surface area contributed by atoms with Gasteiger partial charge in [-0.25, -0.2) is 27.5 Å². The van der Waals surface area contributed by atoms with E-state index in [2.05, 4.69) is 15.3 Å². The molecule has 1 aromatic heterocycles. The van der Waals surface area contributed by atoms with Gasteiger partial charge in [-0.1, -0.05) is 23.2 Å². The van der Waals surface area contributed by atoms with Crippen LogP contribution < -0.4 is 5.32 Å². The van der Waals surface area contributed by atoms with Crippen LogP contribution >= 0.6 is 35.0 Å². The van der Waals surface area contributed by atoms with Gasteiger partial charge in [-0.2, -0.15) is 0 Å². The number of nitrogens with zero attached hydrogens (tertiary/aromatic N) is 3. The van der Waals surface area contributed by atoms with E-state index in [9.17, 15) is 13.2 Å². The molecule has 0 saturated heterocycles. The Morgan fingerprint density at radius 3 is 2.68 bits per heavy atom. The van der Waals surface area contributed by atoms with Crippen LogP contribution in [0.25, 0.3) is 0 Å². The molecule has 0 aliphatic heterocycles. The van der Waals surface area contributed by atoms with E-state index in [4.69, 9.17) is 27.9 Å². The van der Waals surface area contributed by atoms with Crippen molar-refractivity contribution < 1.29 is 17.9 Å². The summed E-state index contributed by atoms with van der Waals surface area (Å²) in [6.07, 6.45) is 0. The number of carbonyl (C=O) groups is 1. The van der Waals surface area contributed by atoms with Crippen LogP contribution in [0.2, 0.25) is 10.0 Å². The Bertz CT molecular complexity index is 973. The van der Waals surface area contributed by atoms with Crippen LogP contribution in [0.3, 0.4) is 0 Å². The fraction of sp³-hybridized carbons (Fsp3) is 0.312. The summed E-state index contributed by atoms with van der Waals surface area (Å²) in [6, 6.07) is 4.79. The first kappa shape index (κ1) is 22.7. The number of hydrogen-bond acceptors (Lipinski definition) is 7. The summed E-state index contributed by atoms with van der Waals surface area (Å²) in [6.45, 7) is 2.28. The summed E-state index contributed by atoms with van der Waals surface area (Å²) in [7, 11) is -1.52. The number of carbonyl (C=O) groups excluding carboxylic acids is 1. The number of thioether (sulfide) groups is 1. The Hall–Kier alpha value is -1.59. The van der Waals surface area contributed by atoms with Crippen LogP contribution in [0.1, 0.15) is 5.69 Å². The average Bonchev–Trinajstić information content (AvgIpc) is 2.62. The first-order valence-corrected chi connectivity index (χ1v) is 11.1. The zero-order valence-corrected chi connectivity index (χ0v) is 18.4. The first-order chi connectivity index (χ1) is 13.1. The molecule has 1 aromatic carbocycles. The third-order valence-corrected chi connectivity index (χ3v) is 6.74. The number of aromatic nitrogens is 2. The largest absolute Gasteiger partial charge is 0.384 e. The molecular weight excluding hydrogens is 447 g/mol. The molecule has 0 aliphatic carbocycles. The predicted octanol–water partition coefficient (Wildman–Crippen LogP) is 3.68. The highest BCUT2D eigenvalue weighted by atomic mass is 35.5. The zero-order valence-electron chi connectivity index (χ0n) is 15.3. The van der Waals surface area contributed by atoms with E-state index in [1.54, 1.807) is 20.1 Å². The molecule has 152 valence electrons. The number of aryl methyl sites for hydroxylation is 1. The maximum atomic E-state index is 12.7. The predicted molar refractivity (Wildman–Crippen MR) is 110 cm³/mol. The van der Waals surface area contributed by atoms with Crippen molar-refractivity contribution in [2.45, 2.75) is 16.8 Å². The highest BCUT2D eigenvalue weighted by molar-refractivity contribution is 7.99. The number of rotatable bonds is 7. The summed E-state index contributed by atoms with van der Waals surface area (Å²) in [5.74, 6) is 0.659. The molecule has 8 nitrogen and oxygen atoms in total. The molecule has 1 heterocycles. The van der Waals surface area contributed by atoms with Gasteiger partial charge in [-0.05, 0) is 31.2 Å². The number of ether oxygens (including phenoxy) is 1. The second-order valence-electron chi connectivity index (χ2n) is 5.49. The van der Waals surface area contributed by atoms with Gasteiger partial charge < -0.3 is 4.74 Å². The second-order valence-corrected chi connectivity index (χ2v) is 9.39. The lowest BCUT2D eigenvalue weighted by molar-refractivity contribution is 0.218. The second kappa shape index (κ2) is 9.75. The number of sulfonamides is 1. The van der Waals surface area contributed by atoms with Crippen LogP contribution in [0, 0.1) is 6.92 Å². The van der Waals surface area contributed by atoms with Gasteiger partial charge in [-0.3, -0.25) is 5.32 Å². The molecule has 0 unspecified atom stereocenters. The lowest BCUT2D eigenvalue weighted by atomic mass is 10.4. The molecule has 0 fully saturated rings. The van der Waals surface area contributed by atoms with E-state index in [0.717, 1.165) is 7.05 Å². The van der Waals surface area contributed by atoms with Crippen molar-refractivity contribution in [3.63, 3.8) is 0 Å². The molecule has 12 heteroatoms. The summed E-state index contributed by atoms with van der Waals surface area (Å²) in [5, 5.41) is 3.15. The number of benzene rings is 1. The van der Waals surface area contributed by atoms with Gasteiger partial charge in [0.25, 0.3) is 10.0 Å². The van der Waals surface area contributed by atoms with E-state index in [1.807, 2.05) is 0 Å². The fourth-order valence-electron chi connectivity index (χ4n) is 2.00. The van der Waals surface area contributed by atoms with E-state index in [1.165, 1.54) is 30.0 Å². The van der Waals surface area contributed by atoms with Crippen molar-refractivity contribution in [1.29, 1.82) is 0 Å². The van der Waals surface area contributed by atoms with Crippen molar-refractivity contribution >= 4 is 57.0 Å². The Kier molecular flexibility index (Phi) is 7.90. The molecule has 1 N–H and O–H groups in total. The van der Waals surface area contributed by atoms with Gasteiger partial charge in [0.15, 0.2) is 0 Å². The lowest BCUT2D eigenvalue weighted by Gasteiger charge is -2.18. The third kappa shape index (κ3) is 5.71. The topological polar surface area (TPSA) is 101 Å². The minimum atomic E-state index is -4.22. The standard InChI is InChI=1S/C16H18Cl2N4O4S2/c1-10-8-14(27-7-6-26-3)20-15(19-10)21-16(23)22(2)28(24,25)13-9-11(17)4-5-12(13)18/h4-5,8-9H,6-7H2,1-3H3,(H,19,20,21,23). The first-order valence-electron chi connectivity index (χ1n) is 7.87. The number of anilines is 1. The molecule has 0 spiro atoms. The Balaban J connectivity index is 2.21. The van der Waals surface area contributed by atoms with E-state index in [-0.39, 0.29) is 20.9 Å². The summed E-state index contributed by atoms with van der Waals surface area (Å²) >= 11 is 13.2. The van der Waals surface area contributed by atoms with Crippen molar-refractivity contribution in [3.8, 4) is 0 Å². The molecule has 2 amide bonds. The fourth-order valence-corrected chi connectivity index (χ4v) is 4.67. The van der Waals surface area contributed by atoms with E-state index < -0.39 is 16.1 Å². The maximum absolute atomic E-state index is 12.7. The Labute approximate surface area is 177 Å². The van der Waals surface area contributed by atoms with Crippen molar-refractivity contribution in [3.05, 3.63) is 40.0 Å². The maximum Gasteiger partial charge on any atom is 0.337 e. The van der Waals surface area contributed by atoms with Crippen LogP contribution in [0.15, 0.2) is 34.2 Å². The Morgan fingerprint density at radius 2 is 2.00 bits per heavy atom. The molecule has 2 aromatic rings. The lowest BCUT2D eigenvalue weighted by Crippen LogP contribution is -2.37. The van der Waals surface area contributed by atoms with Crippen molar-refractivity contribution in [2.75, 3.05) is 31.8 Å². The number of methoxy groups -OCH3 is 1. The minimum Gasteiger partial charge on any atom is -0.384 e. The Morgan fingerprint density at radius 1 is 1.29 bits per heavy atom. The van der Waals surface area contributed by atoms with E-state index in [0.29, 0.717) is 27.4 Å². The van der Waals surface area contributed by atoms with E-state index >= 15 is 0 Å². The smallest absolute Gasteiger partial charge is 0.337 e. The quantitative estimate of drug-likeness (QED) is 0.378. The summed E-state index contributed by atoms with van der Waals surface area (Å²) in [5.41, 5.74) is 0.619. The molecule has 28 heavy (non-hydrogen) atoms. The molecule has 2 rings (SSSR count). The van der Waals surface area contributed by atoms with Gasteiger partial charge in [0.2, 0.25) is 5.95 Å². The number of amides is 2. The molecule has 0 saturated carbocycles. The zero-order chi connectivity index (χ0) is 20.9. The SMILES string of the molecule is COCCSc1cc(C)nc(NC(=O)N(C)S(=O)(=O)c2cc(Cl)ccc2Cl)n1. The highest BCUT2D eigenvalue weighted by Crippen LogP contribution is 2.27. The molecule has 0 radical (unpaired) electrons. The number of hydrogen-bond donors (Lipinski definition) is 1. The monoisotopic (exact) mass is 464 g/mol. The van der Waals surface area contributed by atoms with Crippen LogP contribution in [0.4, 0.5) is 10.7 Å². The van der Waals surface area contributed by atoms with Gasteiger partial charge in [0.1, 0.15) is 9.92 Å². The number of urea groups is 1. The van der Waals surface area contributed by atoms with Crippen molar-refractivity contribution in [2.24, 2.45) is 0 Å². The number of nitrogens with one attached hydrogen (secondary N) is 1. The summed E-state index contributed by atoms with van der Waals surface area (Å²) in [4.78, 5) is 20.5. The van der Waals surface area contributed by atoms with Gasteiger partial charge in [0.05, 0.1) is 11.6 Å². The van der Waals surface area contributed by atoms with Crippen LogP contribution in [-0.2, 0) is 14.8 Å². The van der Waals surface area contributed by atoms with Crippen molar-refractivity contribution in [1.82, 2.24) is 14.3 Å². The molecular formula is C16H18Cl2N4O4S2. The summed E-state index contributed by atoms with van der Waals surface area (Å²) < 4.78 is 30.9. The van der Waals surface area contributed by atoms with Gasteiger partial charge in [-0.15, -0.1) is 11.8 Å². The number of halogens is 2. The third-order valence-electron chi connectivity index (χ3n) is 3.40. The van der Waals surface area contributed by atoms with Gasteiger partial charge in [0, 0.05) is 30.6 Å². The molecule has 0 atom stereocenters. The highest BCUT2D eigenvalue weighted by Gasteiger charge is 2.28. The van der Waals surface area contributed by atoms with Crippen LogP contribution in [-0.4, -0.2) is 55.2 Å².